The monoisotopic (exact) mass is 245 g/mol. The van der Waals surface area contributed by atoms with Crippen molar-refractivity contribution in [1.29, 1.82) is 0 Å². The van der Waals surface area contributed by atoms with Crippen LogP contribution in [0.15, 0.2) is 18.2 Å². The minimum Gasteiger partial charge on any atom is -0.493 e. The van der Waals surface area contributed by atoms with Crippen molar-refractivity contribution in [1.82, 2.24) is 5.32 Å². The van der Waals surface area contributed by atoms with E-state index in [2.05, 4.69) is 5.32 Å². The van der Waals surface area contributed by atoms with Crippen LogP contribution in [0.3, 0.4) is 0 Å². The van der Waals surface area contributed by atoms with Gasteiger partial charge in [-0.25, -0.2) is 8.78 Å². The number of hydrogen-bond donors (Lipinski definition) is 2. The minimum absolute atomic E-state index is 0.0228. The normalized spacial score (nSPS) is 12.5. The lowest BCUT2D eigenvalue weighted by molar-refractivity contribution is 0.210. The molecule has 0 saturated heterocycles. The molecule has 0 aliphatic rings. The summed E-state index contributed by atoms with van der Waals surface area (Å²) in [5.74, 6) is -1.52. The molecule has 0 amide bonds. The molecule has 0 aliphatic heterocycles. The van der Waals surface area contributed by atoms with Crippen LogP contribution in [-0.2, 0) is 0 Å². The first kappa shape index (κ1) is 13.9. The Morgan fingerprint density at radius 3 is 2.71 bits per heavy atom. The number of nitrogens with one attached hydrogen (secondary N) is 1. The predicted molar refractivity (Wildman–Crippen MR) is 61.0 cm³/mol. The zero-order valence-electron chi connectivity index (χ0n) is 9.75. The van der Waals surface area contributed by atoms with E-state index >= 15 is 0 Å². The van der Waals surface area contributed by atoms with Crippen LogP contribution in [-0.4, -0.2) is 30.9 Å². The Bertz CT molecular complexity index is 347. The van der Waals surface area contributed by atoms with Crippen LogP contribution in [0.1, 0.15) is 13.3 Å². The highest BCUT2D eigenvalue weighted by molar-refractivity contribution is 5.23. The average molecular weight is 245 g/mol. The van der Waals surface area contributed by atoms with Gasteiger partial charge in [-0.3, -0.25) is 0 Å². The van der Waals surface area contributed by atoms with Crippen LogP contribution < -0.4 is 10.1 Å². The fourth-order valence-corrected chi connectivity index (χ4v) is 1.43. The summed E-state index contributed by atoms with van der Waals surface area (Å²) in [6.07, 6.45) is 0.601. The smallest absolute Gasteiger partial charge is 0.162 e. The van der Waals surface area contributed by atoms with Crippen LogP contribution in [0.25, 0.3) is 0 Å². The number of hydrogen-bond acceptors (Lipinski definition) is 3. The van der Waals surface area contributed by atoms with E-state index in [1.807, 2.05) is 6.92 Å². The third-order valence-electron chi connectivity index (χ3n) is 2.34. The first-order valence-corrected chi connectivity index (χ1v) is 5.59. The van der Waals surface area contributed by atoms with Crippen LogP contribution >= 0.6 is 0 Å². The van der Waals surface area contributed by atoms with Gasteiger partial charge in [0.1, 0.15) is 5.75 Å². The molecule has 0 spiro atoms. The second kappa shape index (κ2) is 7.19. The first-order chi connectivity index (χ1) is 8.17. The van der Waals surface area contributed by atoms with Crippen molar-refractivity contribution in [3.63, 3.8) is 0 Å². The molecule has 0 heterocycles. The van der Waals surface area contributed by atoms with E-state index in [1.165, 1.54) is 6.07 Å². The molecule has 1 rings (SSSR count). The van der Waals surface area contributed by atoms with Crippen molar-refractivity contribution in [2.45, 2.75) is 19.4 Å². The van der Waals surface area contributed by atoms with Gasteiger partial charge in [0.05, 0.1) is 13.2 Å². The summed E-state index contributed by atoms with van der Waals surface area (Å²) >= 11 is 0. The maximum atomic E-state index is 12.8. The second-order valence-electron chi connectivity index (χ2n) is 3.65. The van der Waals surface area contributed by atoms with Gasteiger partial charge in [0, 0.05) is 12.1 Å². The molecule has 0 radical (unpaired) electrons. The molecule has 1 aromatic rings. The molecular formula is C12H17F2NO2. The summed E-state index contributed by atoms with van der Waals surface area (Å²) in [4.78, 5) is 0. The number of aliphatic hydroxyl groups excluding tert-OH is 1. The minimum atomic E-state index is -0.923. The Morgan fingerprint density at radius 2 is 2.12 bits per heavy atom. The molecular weight excluding hydrogens is 228 g/mol. The van der Waals surface area contributed by atoms with Crippen molar-refractivity contribution in [3.05, 3.63) is 29.8 Å². The second-order valence-corrected chi connectivity index (χ2v) is 3.65. The highest BCUT2D eigenvalue weighted by atomic mass is 19.2. The van der Waals surface area contributed by atoms with Crippen molar-refractivity contribution < 1.29 is 18.6 Å². The third-order valence-corrected chi connectivity index (χ3v) is 2.34. The maximum absolute atomic E-state index is 12.8. The number of likely N-dealkylation sites (N-methyl/N-ethyl adjacent to an activating group) is 1. The van der Waals surface area contributed by atoms with Crippen molar-refractivity contribution in [3.8, 4) is 5.75 Å². The van der Waals surface area contributed by atoms with E-state index in [0.717, 1.165) is 18.7 Å². The predicted octanol–water partition coefficient (Wildman–Crippen LogP) is 1.70. The summed E-state index contributed by atoms with van der Waals surface area (Å²) in [6.45, 7) is 3.06. The summed E-state index contributed by atoms with van der Waals surface area (Å²) < 4.78 is 30.7. The molecule has 17 heavy (non-hydrogen) atoms. The molecule has 5 heteroatoms. The van der Waals surface area contributed by atoms with E-state index in [-0.39, 0.29) is 18.4 Å². The summed E-state index contributed by atoms with van der Waals surface area (Å²) in [5.41, 5.74) is 0. The Morgan fingerprint density at radius 1 is 1.35 bits per heavy atom. The van der Waals surface area contributed by atoms with Crippen molar-refractivity contribution in [2.75, 3.05) is 19.8 Å². The number of ether oxygens (including phenoxy) is 1. The Labute approximate surface area is 99.4 Å². The first-order valence-electron chi connectivity index (χ1n) is 5.59. The lowest BCUT2D eigenvalue weighted by atomic mass is 10.2. The number of halogens is 2. The summed E-state index contributed by atoms with van der Waals surface area (Å²) in [5, 5.41) is 12.1. The van der Waals surface area contributed by atoms with Gasteiger partial charge in [0.2, 0.25) is 0 Å². The van der Waals surface area contributed by atoms with E-state index in [0.29, 0.717) is 13.0 Å². The van der Waals surface area contributed by atoms with Gasteiger partial charge < -0.3 is 15.2 Å². The van der Waals surface area contributed by atoms with E-state index in [1.54, 1.807) is 0 Å². The van der Waals surface area contributed by atoms with Gasteiger partial charge in [0.25, 0.3) is 0 Å². The van der Waals surface area contributed by atoms with Gasteiger partial charge in [-0.1, -0.05) is 6.92 Å². The Kier molecular flexibility index (Phi) is 5.86. The number of aliphatic hydroxyl groups is 1. The molecule has 1 unspecified atom stereocenters. The number of benzene rings is 1. The molecule has 0 aliphatic carbocycles. The summed E-state index contributed by atoms with van der Waals surface area (Å²) in [7, 11) is 0. The molecule has 0 aromatic heterocycles. The lowest BCUT2D eigenvalue weighted by Gasteiger charge is -2.15. The summed E-state index contributed by atoms with van der Waals surface area (Å²) in [6, 6.07) is 3.37. The Hall–Kier alpha value is -1.20. The standard InChI is InChI=1S/C12H17F2NO2/c1-2-15-9(8-16)5-6-17-10-3-4-11(13)12(14)7-10/h3-4,7,9,15-16H,2,5-6,8H2,1H3. The van der Waals surface area contributed by atoms with Crippen molar-refractivity contribution in [2.24, 2.45) is 0 Å². The van der Waals surface area contributed by atoms with E-state index in [4.69, 9.17) is 9.84 Å². The SMILES string of the molecule is CCNC(CO)CCOc1ccc(F)c(F)c1. The molecule has 3 nitrogen and oxygen atoms in total. The average Bonchev–Trinajstić information content (AvgIpc) is 2.32. The van der Waals surface area contributed by atoms with Crippen LogP contribution in [0.2, 0.25) is 0 Å². The zero-order valence-corrected chi connectivity index (χ0v) is 9.75. The molecule has 1 atom stereocenters. The Balaban J connectivity index is 2.37. The maximum Gasteiger partial charge on any atom is 0.162 e. The van der Waals surface area contributed by atoms with Crippen LogP contribution in [0.4, 0.5) is 8.78 Å². The third kappa shape index (κ3) is 4.66. The van der Waals surface area contributed by atoms with Crippen molar-refractivity contribution >= 4 is 0 Å². The number of rotatable bonds is 7. The zero-order chi connectivity index (χ0) is 12.7. The lowest BCUT2D eigenvalue weighted by Crippen LogP contribution is -2.33. The van der Waals surface area contributed by atoms with Gasteiger partial charge in [-0.05, 0) is 25.1 Å². The molecule has 0 saturated carbocycles. The molecule has 2 N–H and O–H groups in total. The van der Waals surface area contributed by atoms with E-state index < -0.39 is 11.6 Å². The van der Waals surface area contributed by atoms with Gasteiger partial charge in [-0.15, -0.1) is 0 Å². The van der Waals surface area contributed by atoms with Gasteiger partial charge >= 0.3 is 0 Å². The van der Waals surface area contributed by atoms with Gasteiger partial charge in [-0.2, -0.15) is 0 Å². The molecule has 0 fully saturated rings. The molecule has 0 bridgehead atoms. The van der Waals surface area contributed by atoms with Crippen LogP contribution in [0.5, 0.6) is 5.75 Å². The highest BCUT2D eigenvalue weighted by Gasteiger charge is 2.07. The highest BCUT2D eigenvalue weighted by Crippen LogP contribution is 2.15. The molecule has 96 valence electrons. The fraction of sp³-hybridized carbons (Fsp3) is 0.500. The topological polar surface area (TPSA) is 41.5 Å². The molecule has 1 aromatic carbocycles. The van der Waals surface area contributed by atoms with E-state index in [9.17, 15) is 8.78 Å². The largest absolute Gasteiger partial charge is 0.493 e. The van der Waals surface area contributed by atoms with Crippen LogP contribution in [0, 0.1) is 11.6 Å². The fourth-order valence-electron chi connectivity index (χ4n) is 1.43. The quantitative estimate of drug-likeness (QED) is 0.768. The van der Waals surface area contributed by atoms with Gasteiger partial charge in [0.15, 0.2) is 11.6 Å².